The van der Waals surface area contributed by atoms with E-state index in [1.165, 1.54) is 28.9 Å². The van der Waals surface area contributed by atoms with Crippen LogP contribution in [0.4, 0.5) is 11.6 Å². The number of nitrogens with one attached hydrogen (secondary N) is 2. The minimum atomic E-state index is -0.257. The standard InChI is InChI=1S/C24H23N7O2/c1-3-11-30-23(33)19-14-26-24(27-18-8-7-17-13-25-10-9-16(17)12-18)29-22(19)31(30)21-6-4-5-20(28-21)15(2)32/h3-8,12,14,25H,1,9-11,13H2,2H3,(H,26,27,29). The van der Waals surface area contributed by atoms with Crippen molar-refractivity contribution in [3.05, 3.63) is 82.4 Å². The van der Waals surface area contributed by atoms with Crippen LogP contribution in [0.1, 0.15) is 28.5 Å². The number of ketones is 1. The second-order valence-corrected chi connectivity index (χ2v) is 7.89. The minimum Gasteiger partial charge on any atom is -0.324 e. The zero-order valence-corrected chi connectivity index (χ0v) is 18.2. The lowest BCUT2D eigenvalue weighted by molar-refractivity contribution is 0.101. The van der Waals surface area contributed by atoms with Gasteiger partial charge in [-0.2, -0.15) is 4.98 Å². The molecule has 4 heterocycles. The lowest BCUT2D eigenvalue weighted by Gasteiger charge is -2.18. The molecule has 0 radical (unpaired) electrons. The van der Waals surface area contributed by atoms with Crippen molar-refractivity contribution in [1.82, 2.24) is 29.6 Å². The highest BCUT2D eigenvalue weighted by atomic mass is 16.1. The first kappa shape index (κ1) is 20.8. The molecule has 5 rings (SSSR count). The van der Waals surface area contributed by atoms with E-state index in [9.17, 15) is 9.59 Å². The summed E-state index contributed by atoms with van der Waals surface area (Å²) in [6.45, 7) is 7.28. The summed E-state index contributed by atoms with van der Waals surface area (Å²) in [6, 6.07) is 11.3. The topological polar surface area (TPSA) is 107 Å². The van der Waals surface area contributed by atoms with Crippen molar-refractivity contribution < 1.29 is 4.79 Å². The van der Waals surface area contributed by atoms with Crippen LogP contribution in [-0.4, -0.2) is 36.6 Å². The third-order valence-corrected chi connectivity index (χ3v) is 5.64. The van der Waals surface area contributed by atoms with E-state index in [1.807, 2.05) is 6.07 Å². The summed E-state index contributed by atoms with van der Waals surface area (Å²) in [6.07, 6.45) is 4.10. The van der Waals surface area contributed by atoms with Crippen LogP contribution >= 0.6 is 0 Å². The van der Waals surface area contributed by atoms with Gasteiger partial charge in [-0.3, -0.25) is 9.59 Å². The number of hydrogen-bond donors (Lipinski definition) is 2. The van der Waals surface area contributed by atoms with Gasteiger partial charge in [0.1, 0.15) is 11.1 Å². The molecular formula is C24H23N7O2. The van der Waals surface area contributed by atoms with Crippen LogP contribution in [0, 0.1) is 0 Å². The van der Waals surface area contributed by atoms with Crippen molar-refractivity contribution in [2.45, 2.75) is 26.4 Å². The summed E-state index contributed by atoms with van der Waals surface area (Å²) in [5.74, 6) is 0.622. The lowest BCUT2D eigenvalue weighted by Crippen LogP contribution is -2.23. The maximum Gasteiger partial charge on any atom is 0.278 e. The monoisotopic (exact) mass is 441 g/mol. The Hall–Kier alpha value is -4.11. The highest BCUT2D eigenvalue weighted by Crippen LogP contribution is 2.22. The van der Waals surface area contributed by atoms with Crippen molar-refractivity contribution in [3.63, 3.8) is 0 Å². The van der Waals surface area contributed by atoms with E-state index in [0.29, 0.717) is 28.5 Å². The van der Waals surface area contributed by atoms with Crippen molar-refractivity contribution in [2.24, 2.45) is 0 Å². The van der Waals surface area contributed by atoms with Crippen LogP contribution in [-0.2, 0) is 19.5 Å². The Morgan fingerprint density at radius 3 is 2.94 bits per heavy atom. The summed E-state index contributed by atoms with van der Waals surface area (Å²) in [5.41, 5.74) is 3.91. The largest absolute Gasteiger partial charge is 0.324 e. The molecule has 166 valence electrons. The highest BCUT2D eigenvalue weighted by molar-refractivity contribution is 5.92. The fourth-order valence-corrected chi connectivity index (χ4v) is 4.03. The molecule has 3 aromatic heterocycles. The first-order valence-electron chi connectivity index (χ1n) is 10.7. The van der Waals surface area contributed by atoms with Gasteiger partial charge < -0.3 is 10.6 Å². The van der Waals surface area contributed by atoms with Gasteiger partial charge in [0, 0.05) is 25.4 Å². The maximum absolute atomic E-state index is 13.1. The van der Waals surface area contributed by atoms with E-state index < -0.39 is 0 Å². The molecule has 0 fully saturated rings. The number of carbonyl (C=O) groups excluding carboxylic acids is 1. The van der Waals surface area contributed by atoms with Crippen molar-refractivity contribution in [3.8, 4) is 5.82 Å². The van der Waals surface area contributed by atoms with Gasteiger partial charge in [0.25, 0.3) is 5.56 Å². The molecule has 4 aromatic rings. The Labute approximate surface area is 189 Å². The highest BCUT2D eigenvalue weighted by Gasteiger charge is 2.18. The van der Waals surface area contributed by atoms with E-state index in [0.717, 1.165) is 25.2 Å². The Bertz CT molecular complexity index is 1450. The van der Waals surface area contributed by atoms with Crippen molar-refractivity contribution in [2.75, 3.05) is 11.9 Å². The predicted molar refractivity (Wildman–Crippen MR) is 126 cm³/mol. The number of hydrogen-bond acceptors (Lipinski definition) is 7. The first-order valence-corrected chi connectivity index (χ1v) is 10.7. The maximum atomic E-state index is 13.1. The number of allylic oxidation sites excluding steroid dienone is 1. The van der Waals surface area contributed by atoms with Crippen LogP contribution in [0.2, 0.25) is 0 Å². The third-order valence-electron chi connectivity index (χ3n) is 5.64. The van der Waals surface area contributed by atoms with Gasteiger partial charge in [-0.25, -0.2) is 19.3 Å². The van der Waals surface area contributed by atoms with Gasteiger partial charge in [-0.15, -0.1) is 6.58 Å². The van der Waals surface area contributed by atoms with Gasteiger partial charge in [-0.05, 0) is 48.4 Å². The summed E-state index contributed by atoms with van der Waals surface area (Å²) in [5, 5.41) is 6.98. The summed E-state index contributed by atoms with van der Waals surface area (Å²) in [4.78, 5) is 38.4. The van der Waals surface area contributed by atoms with Crippen LogP contribution in [0.15, 0.2) is 60.0 Å². The second kappa shape index (κ2) is 8.44. The van der Waals surface area contributed by atoms with Gasteiger partial charge in [0.05, 0.1) is 6.54 Å². The fraction of sp³-hybridized carbons (Fsp3) is 0.208. The van der Waals surface area contributed by atoms with Crippen LogP contribution < -0.4 is 16.2 Å². The molecule has 0 aliphatic carbocycles. The van der Waals surface area contributed by atoms with E-state index in [4.69, 9.17) is 0 Å². The molecule has 9 nitrogen and oxygen atoms in total. The molecule has 0 saturated carbocycles. The number of benzene rings is 1. The van der Waals surface area contributed by atoms with Crippen molar-refractivity contribution >= 4 is 28.5 Å². The molecule has 2 N–H and O–H groups in total. The number of rotatable bonds is 6. The molecule has 1 aliphatic heterocycles. The quantitative estimate of drug-likeness (QED) is 0.350. The second-order valence-electron chi connectivity index (χ2n) is 7.89. The summed E-state index contributed by atoms with van der Waals surface area (Å²) in [7, 11) is 0. The normalized spacial score (nSPS) is 13.0. The number of nitrogens with zero attached hydrogens (tertiary/aromatic N) is 5. The third kappa shape index (κ3) is 3.83. The molecule has 0 atom stereocenters. The number of fused-ring (bicyclic) bond motifs is 2. The molecular weight excluding hydrogens is 418 g/mol. The minimum absolute atomic E-state index is 0.162. The zero-order chi connectivity index (χ0) is 22.9. The van der Waals surface area contributed by atoms with E-state index >= 15 is 0 Å². The molecule has 0 spiro atoms. The average molecular weight is 441 g/mol. The number of carbonyl (C=O) groups is 1. The van der Waals surface area contributed by atoms with Crippen LogP contribution in [0.25, 0.3) is 16.9 Å². The smallest absolute Gasteiger partial charge is 0.278 e. The van der Waals surface area contributed by atoms with Gasteiger partial charge in [0.15, 0.2) is 17.2 Å². The molecule has 0 saturated heterocycles. The molecule has 1 aliphatic rings. The number of Topliss-reactive ketones (excluding diaryl/α,β-unsaturated/α-hetero) is 1. The average Bonchev–Trinajstić information content (AvgIpc) is 3.10. The summed E-state index contributed by atoms with van der Waals surface area (Å²) < 4.78 is 3.09. The van der Waals surface area contributed by atoms with E-state index in [-0.39, 0.29) is 17.9 Å². The van der Waals surface area contributed by atoms with Crippen molar-refractivity contribution in [1.29, 1.82) is 0 Å². The zero-order valence-electron chi connectivity index (χ0n) is 18.2. The Morgan fingerprint density at radius 1 is 1.24 bits per heavy atom. The van der Waals surface area contributed by atoms with E-state index in [2.05, 4.69) is 44.3 Å². The predicted octanol–water partition coefficient (Wildman–Crippen LogP) is 2.76. The Kier molecular flexibility index (Phi) is 5.31. The molecule has 9 heteroatoms. The molecule has 0 amide bonds. The number of anilines is 2. The van der Waals surface area contributed by atoms with Gasteiger partial charge in [-0.1, -0.05) is 18.2 Å². The first-order chi connectivity index (χ1) is 16.0. The Balaban J connectivity index is 1.62. The summed E-state index contributed by atoms with van der Waals surface area (Å²) >= 11 is 0. The van der Waals surface area contributed by atoms with E-state index in [1.54, 1.807) is 29.0 Å². The molecule has 0 bridgehead atoms. The molecule has 1 aromatic carbocycles. The lowest BCUT2D eigenvalue weighted by atomic mass is 10.0. The Morgan fingerprint density at radius 2 is 2.12 bits per heavy atom. The SMILES string of the molecule is C=CCn1c(=O)c2cnc(Nc3ccc4c(c3)CCNC4)nc2n1-c1cccc(C(C)=O)n1. The van der Waals surface area contributed by atoms with Gasteiger partial charge >= 0.3 is 0 Å². The molecule has 33 heavy (non-hydrogen) atoms. The number of pyridine rings is 1. The van der Waals surface area contributed by atoms with Crippen LogP contribution in [0.5, 0.6) is 0 Å². The van der Waals surface area contributed by atoms with Crippen LogP contribution in [0.3, 0.4) is 0 Å². The molecule has 0 unspecified atom stereocenters. The number of aromatic nitrogens is 5. The van der Waals surface area contributed by atoms with Gasteiger partial charge in [0.2, 0.25) is 5.95 Å². The fourth-order valence-electron chi connectivity index (χ4n) is 4.03.